The van der Waals surface area contributed by atoms with Crippen LogP contribution in [0.25, 0.3) is 0 Å². The molecule has 0 rings (SSSR count). The summed E-state index contributed by atoms with van der Waals surface area (Å²) >= 11 is 0. The number of aliphatic hydroxyl groups is 1. The molecule has 0 aromatic carbocycles. The molecule has 0 saturated carbocycles. The van der Waals surface area contributed by atoms with E-state index in [0.29, 0.717) is 25.7 Å². The van der Waals surface area contributed by atoms with Crippen molar-refractivity contribution in [2.75, 3.05) is 13.2 Å². The van der Waals surface area contributed by atoms with E-state index in [9.17, 15) is 19.3 Å². The van der Waals surface area contributed by atoms with Gasteiger partial charge in [-0.1, -0.05) is 152 Å². The van der Waals surface area contributed by atoms with Gasteiger partial charge in [0, 0.05) is 12.8 Å². The highest BCUT2D eigenvalue weighted by atomic mass is 31.2. The first-order chi connectivity index (χ1) is 24.1. The second-order valence-corrected chi connectivity index (χ2v) is 14.2. The van der Waals surface area contributed by atoms with Crippen molar-refractivity contribution >= 4 is 19.8 Å². The monoisotopic (exact) mass is 724 g/mol. The predicted octanol–water partition coefficient (Wildman–Crippen LogP) is 10.2. The van der Waals surface area contributed by atoms with Gasteiger partial charge in [-0.05, 0) is 50.9 Å². The largest absolute Gasteiger partial charge is 0.469 e. The van der Waals surface area contributed by atoms with E-state index in [1.807, 2.05) is 42.5 Å². The molecule has 9 nitrogen and oxygen atoms in total. The summed E-state index contributed by atoms with van der Waals surface area (Å²) in [6.07, 6.45) is 36.9. The fraction of sp³-hybridized carbons (Fsp3) is 0.700. The van der Waals surface area contributed by atoms with E-state index in [4.69, 9.17) is 19.3 Å². The minimum Gasteiger partial charge on any atom is -0.462 e. The molecule has 0 fully saturated rings. The number of hydrogen-bond donors (Lipinski definition) is 3. The van der Waals surface area contributed by atoms with E-state index in [1.54, 1.807) is 6.08 Å². The summed E-state index contributed by atoms with van der Waals surface area (Å²) in [6, 6.07) is 0. The summed E-state index contributed by atoms with van der Waals surface area (Å²) in [7, 11) is -4.78. The number of ether oxygens (including phenoxy) is 2. The highest BCUT2D eigenvalue weighted by Gasteiger charge is 2.22. The van der Waals surface area contributed by atoms with E-state index in [0.717, 1.165) is 44.4 Å². The lowest BCUT2D eigenvalue weighted by Gasteiger charge is -2.18. The molecule has 0 bridgehead atoms. The molecular weight excluding hydrogens is 655 g/mol. The number of aliphatic hydroxyl groups excluding tert-OH is 1. The van der Waals surface area contributed by atoms with Crippen molar-refractivity contribution in [3.05, 3.63) is 60.8 Å². The Bertz CT molecular complexity index is 1030. The molecule has 288 valence electrons. The topological polar surface area (TPSA) is 140 Å². The maximum Gasteiger partial charge on any atom is 0.469 e. The van der Waals surface area contributed by atoms with Crippen molar-refractivity contribution in [1.82, 2.24) is 0 Å². The van der Waals surface area contributed by atoms with Crippen molar-refractivity contribution in [1.29, 1.82) is 0 Å². The summed E-state index contributed by atoms with van der Waals surface area (Å²) in [5, 5.41) is 9.96. The Morgan fingerprint density at radius 2 is 1.30 bits per heavy atom. The lowest BCUT2D eigenvalue weighted by molar-refractivity contribution is -0.161. The average Bonchev–Trinajstić information content (AvgIpc) is 3.08. The molecule has 0 aliphatic heterocycles. The first-order valence-corrected chi connectivity index (χ1v) is 20.6. The average molecular weight is 725 g/mol. The second kappa shape index (κ2) is 33.8. The first kappa shape index (κ1) is 47.7. The van der Waals surface area contributed by atoms with Crippen molar-refractivity contribution in [2.24, 2.45) is 5.92 Å². The minimum atomic E-state index is -4.78. The Balaban J connectivity index is 4.15. The Morgan fingerprint density at radius 3 is 1.96 bits per heavy atom. The number of phosphoric acid groups is 1. The number of carbonyl (C=O) groups excluding carboxylic acids is 2. The van der Waals surface area contributed by atoms with Crippen LogP contribution in [0, 0.1) is 5.92 Å². The van der Waals surface area contributed by atoms with E-state index in [1.165, 1.54) is 51.4 Å². The van der Waals surface area contributed by atoms with Crippen LogP contribution in [0.3, 0.4) is 0 Å². The fourth-order valence-corrected chi connectivity index (χ4v) is 5.30. The lowest BCUT2D eigenvalue weighted by Crippen LogP contribution is -2.29. The number of carbonyl (C=O) groups is 2. The maximum atomic E-state index is 12.4. The third-order valence-corrected chi connectivity index (χ3v) is 8.66. The molecular formula is C40H69O9P. The molecule has 10 heteroatoms. The van der Waals surface area contributed by atoms with Crippen LogP contribution in [0.5, 0.6) is 0 Å². The number of unbranched alkanes of at least 4 members (excludes halogenated alkanes) is 10. The summed E-state index contributed by atoms with van der Waals surface area (Å²) in [4.78, 5) is 42.7. The lowest BCUT2D eigenvalue weighted by atomic mass is 9.99. The maximum absolute atomic E-state index is 12.4. The van der Waals surface area contributed by atoms with E-state index < -0.39 is 38.6 Å². The number of rotatable bonds is 33. The number of allylic oxidation sites excluding steroid dienone is 8. The van der Waals surface area contributed by atoms with Crippen LogP contribution < -0.4 is 0 Å². The van der Waals surface area contributed by atoms with Crippen LogP contribution >= 0.6 is 7.82 Å². The van der Waals surface area contributed by atoms with Crippen molar-refractivity contribution < 1.29 is 43.0 Å². The van der Waals surface area contributed by atoms with E-state index in [-0.39, 0.29) is 19.4 Å². The zero-order valence-electron chi connectivity index (χ0n) is 31.3. The van der Waals surface area contributed by atoms with E-state index >= 15 is 0 Å². The van der Waals surface area contributed by atoms with Crippen molar-refractivity contribution in [2.45, 2.75) is 161 Å². The molecule has 0 heterocycles. The molecule has 0 aromatic rings. The van der Waals surface area contributed by atoms with Gasteiger partial charge < -0.3 is 24.4 Å². The highest BCUT2D eigenvalue weighted by molar-refractivity contribution is 7.46. The second-order valence-electron chi connectivity index (χ2n) is 13.0. The third-order valence-electron chi connectivity index (χ3n) is 8.17. The summed E-state index contributed by atoms with van der Waals surface area (Å²) in [6.45, 7) is 5.77. The van der Waals surface area contributed by atoms with Crippen LogP contribution in [0.15, 0.2) is 60.8 Å². The minimum absolute atomic E-state index is 0.155. The molecule has 0 aliphatic carbocycles. The Morgan fingerprint density at radius 1 is 0.700 bits per heavy atom. The van der Waals surface area contributed by atoms with Crippen LogP contribution in [0.4, 0.5) is 0 Å². The molecule has 0 saturated heterocycles. The molecule has 3 N–H and O–H groups in total. The Hall–Kier alpha value is -2.29. The first-order valence-electron chi connectivity index (χ1n) is 19.1. The van der Waals surface area contributed by atoms with Crippen molar-refractivity contribution in [3.63, 3.8) is 0 Å². The van der Waals surface area contributed by atoms with Gasteiger partial charge in [0.15, 0.2) is 6.10 Å². The van der Waals surface area contributed by atoms with Gasteiger partial charge >= 0.3 is 19.8 Å². The number of esters is 2. The van der Waals surface area contributed by atoms with Crippen LogP contribution in [-0.2, 0) is 28.2 Å². The molecule has 2 unspecified atom stereocenters. The number of hydrogen-bond acceptors (Lipinski definition) is 7. The highest BCUT2D eigenvalue weighted by Crippen LogP contribution is 2.36. The zero-order chi connectivity index (χ0) is 37.1. The molecule has 0 aliphatic rings. The standard InChI is InChI=1S/C40H69O9P/c1-4-6-7-8-20-25-30-37(41)31-26-21-16-13-14-17-22-27-32-39(42)47-34-38(35-48-50(44,45)46)49-40(43)33-28-23-18-12-10-9-11-15-19-24-29-36(3)5-2/h6-7,14,16-17,20-21,25-26,31,36-38,41H,4-5,8-13,15,18-19,22-24,27-30,32-35H2,1-3H3,(H2,44,45,46)/b7-6-,17-14-,21-16-,25-20-,31-26+/t36?,37?,38-/m1/s1. The number of phosphoric ester groups is 1. The van der Waals surface area contributed by atoms with E-state index in [2.05, 4.69) is 37.4 Å². The van der Waals surface area contributed by atoms with Gasteiger partial charge in [-0.15, -0.1) is 0 Å². The summed E-state index contributed by atoms with van der Waals surface area (Å²) in [5.74, 6) is -0.158. The van der Waals surface area contributed by atoms with Crippen molar-refractivity contribution in [3.8, 4) is 0 Å². The molecule has 50 heavy (non-hydrogen) atoms. The van der Waals surface area contributed by atoms with Gasteiger partial charge in [0.05, 0.1) is 12.7 Å². The molecule has 0 radical (unpaired) electrons. The smallest absolute Gasteiger partial charge is 0.462 e. The van der Waals surface area contributed by atoms with Gasteiger partial charge in [-0.25, -0.2) is 4.57 Å². The molecule has 0 amide bonds. The molecule has 0 spiro atoms. The SMILES string of the molecule is CC/C=C\C/C=C\CC(O)/C=C/C=C\C/C=C\CCCC(=O)OC[C@H](COP(=O)(O)O)OC(=O)CCCCCCCCCCCCC(C)CC. The van der Waals surface area contributed by atoms with Crippen LogP contribution in [-0.4, -0.2) is 52.3 Å². The molecule has 3 atom stereocenters. The predicted molar refractivity (Wildman–Crippen MR) is 203 cm³/mol. The van der Waals surface area contributed by atoms with Gasteiger partial charge in [0.1, 0.15) is 6.61 Å². The van der Waals surface area contributed by atoms with Gasteiger partial charge in [-0.3, -0.25) is 14.1 Å². The Kier molecular flexibility index (Phi) is 32.3. The fourth-order valence-electron chi connectivity index (χ4n) is 4.94. The third kappa shape index (κ3) is 35.5. The summed E-state index contributed by atoms with van der Waals surface area (Å²) in [5.41, 5.74) is 0. The van der Waals surface area contributed by atoms with Gasteiger partial charge in [0.2, 0.25) is 0 Å². The Labute approximate surface area is 303 Å². The quantitative estimate of drug-likeness (QED) is 0.0198. The summed E-state index contributed by atoms with van der Waals surface area (Å²) < 4.78 is 26.2. The van der Waals surface area contributed by atoms with Gasteiger partial charge in [-0.2, -0.15) is 0 Å². The molecule has 0 aromatic heterocycles. The zero-order valence-corrected chi connectivity index (χ0v) is 32.2. The van der Waals surface area contributed by atoms with Crippen LogP contribution in [0.1, 0.15) is 149 Å². The van der Waals surface area contributed by atoms with Gasteiger partial charge in [0.25, 0.3) is 0 Å². The van der Waals surface area contributed by atoms with Crippen LogP contribution in [0.2, 0.25) is 0 Å². The normalized spacial score (nSPS) is 14.4.